The number of fused-ring (bicyclic) bond motifs is 1. The molecule has 0 spiro atoms. The second-order valence-corrected chi connectivity index (χ2v) is 4.59. The highest BCUT2D eigenvalue weighted by molar-refractivity contribution is 6.02. The molecule has 0 saturated carbocycles. The Balaban J connectivity index is 2.19. The SMILES string of the molecule is CC(=O)c1c(C)oc(C)c1-c1ccc2c(c1)OCO2. The van der Waals surface area contributed by atoms with Gasteiger partial charge >= 0.3 is 0 Å². The van der Waals surface area contributed by atoms with Crippen LogP contribution in [0.1, 0.15) is 28.8 Å². The molecule has 0 N–H and O–H groups in total. The van der Waals surface area contributed by atoms with Gasteiger partial charge in [0.15, 0.2) is 17.3 Å². The van der Waals surface area contributed by atoms with E-state index in [1.165, 1.54) is 0 Å². The van der Waals surface area contributed by atoms with Crippen molar-refractivity contribution in [2.24, 2.45) is 0 Å². The number of carbonyl (C=O) groups is 1. The molecule has 0 unspecified atom stereocenters. The largest absolute Gasteiger partial charge is 0.465 e. The fourth-order valence-corrected chi connectivity index (χ4v) is 2.51. The molecule has 1 aliphatic heterocycles. The molecule has 2 aromatic rings. The molecule has 19 heavy (non-hydrogen) atoms. The fourth-order valence-electron chi connectivity index (χ4n) is 2.51. The fraction of sp³-hybridized carbons (Fsp3) is 0.267. The van der Waals surface area contributed by atoms with Crippen molar-refractivity contribution in [1.82, 2.24) is 0 Å². The molecule has 0 atom stereocenters. The number of hydrogen-bond acceptors (Lipinski definition) is 4. The Hall–Kier alpha value is -2.23. The van der Waals surface area contributed by atoms with Crippen molar-refractivity contribution in [1.29, 1.82) is 0 Å². The third kappa shape index (κ3) is 1.80. The molecule has 0 aliphatic carbocycles. The Bertz CT molecular complexity index is 667. The van der Waals surface area contributed by atoms with E-state index in [9.17, 15) is 4.79 Å². The molecule has 2 heterocycles. The number of benzene rings is 1. The monoisotopic (exact) mass is 258 g/mol. The lowest BCUT2D eigenvalue weighted by Gasteiger charge is -2.04. The van der Waals surface area contributed by atoms with Gasteiger partial charge in [-0.15, -0.1) is 0 Å². The second-order valence-electron chi connectivity index (χ2n) is 4.59. The van der Waals surface area contributed by atoms with Crippen molar-refractivity contribution in [3.05, 3.63) is 35.3 Å². The zero-order chi connectivity index (χ0) is 13.6. The van der Waals surface area contributed by atoms with Gasteiger partial charge in [-0.3, -0.25) is 4.79 Å². The van der Waals surface area contributed by atoms with E-state index in [2.05, 4.69) is 0 Å². The molecule has 1 aliphatic rings. The minimum absolute atomic E-state index is 0.00187. The van der Waals surface area contributed by atoms with Crippen LogP contribution in [0.4, 0.5) is 0 Å². The van der Waals surface area contributed by atoms with E-state index in [0.717, 1.165) is 22.6 Å². The summed E-state index contributed by atoms with van der Waals surface area (Å²) in [5, 5.41) is 0. The second kappa shape index (κ2) is 4.16. The number of hydrogen-bond donors (Lipinski definition) is 0. The number of rotatable bonds is 2. The minimum atomic E-state index is 0.00187. The Labute approximate surface area is 110 Å². The number of aryl methyl sites for hydroxylation is 2. The van der Waals surface area contributed by atoms with Crippen LogP contribution in [0.3, 0.4) is 0 Å². The first-order valence-corrected chi connectivity index (χ1v) is 6.09. The Morgan fingerprint density at radius 1 is 1.11 bits per heavy atom. The standard InChI is InChI=1S/C15H14O4/c1-8(16)14-9(2)19-10(3)15(14)11-4-5-12-13(6-11)18-7-17-12/h4-6H,7H2,1-3H3. The highest BCUT2D eigenvalue weighted by Gasteiger charge is 2.22. The molecule has 0 fully saturated rings. The summed E-state index contributed by atoms with van der Waals surface area (Å²) in [5.41, 5.74) is 2.38. The number of furan rings is 1. The number of ether oxygens (including phenoxy) is 2. The van der Waals surface area contributed by atoms with Crippen LogP contribution in [0.5, 0.6) is 11.5 Å². The van der Waals surface area contributed by atoms with Crippen LogP contribution >= 0.6 is 0 Å². The summed E-state index contributed by atoms with van der Waals surface area (Å²) in [4.78, 5) is 11.8. The summed E-state index contributed by atoms with van der Waals surface area (Å²) < 4.78 is 16.2. The Morgan fingerprint density at radius 2 is 1.84 bits per heavy atom. The first-order valence-electron chi connectivity index (χ1n) is 6.09. The van der Waals surface area contributed by atoms with E-state index in [-0.39, 0.29) is 12.6 Å². The first-order chi connectivity index (χ1) is 9.08. The predicted octanol–water partition coefficient (Wildman–Crippen LogP) is 3.49. The molecule has 3 rings (SSSR count). The highest BCUT2D eigenvalue weighted by Crippen LogP contribution is 2.39. The lowest BCUT2D eigenvalue weighted by Crippen LogP contribution is -1.95. The minimum Gasteiger partial charge on any atom is -0.465 e. The molecule has 0 amide bonds. The van der Waals surface area contributed by atoms with Gasteiger partial charge in [0, 0.05) is 5.56 Å². The molecule has 4 heteroatoms. The van der Waals surface area contributed by atoms with Crippen molar-refractivity contribution in [3.63, 3.8) is 0 Å². The summed E-state index contributed by atoms with van der Waals surface area (Å²) in [6.07, 6.45) is 0. The molecule has 1 aromatic heterocycles. The maximum atomic E-state index is 11.8. The van der Waals surface area contributed by atoms with Gasteiger partial charge in [-0.05, 0) is 38.5 Å². The molecule has 0 radical (unpaired) electrons. The smallest absolute Gasteiger partial charge is 0.231 e. The van der Waals surface area contributed by atoms with Gasteiger partial charge in [-0.25, -0.2) is 0 Å². The van der Waals surface area contributed by atoms with Crippen molar-refractivity contribution in [2.45, 2.75) is 20.8 Å². The lowest BCUT2D eigenvalue weighted by molar-refractivity contribution is 0.101. The van der Waals surface area contributed by atoms with E-state index in [1.807, 2.05) is 25.1 Å². The quantitative estimate of drug-likeness (QED) is 0.773. The number of ketones is 1. The van der Waals surface area contributed by atoms with Gasteiger partial charge in [0.05, 0.1) is 5.56 Å². The molecule has 0 bridgehead atoms. The Kier molecular flexibility index (Phi) is 2.59. The highest BCUT2D eigenvalue weighted by atomic mass is 16.7. The van der Waals surface area contributed by atoms with E-state index in [0.29, 0.717) is 17.1 Å². The predicted molar refractivity (Wildman–Crippen MR) is 69.7 cm³/mol. The number of Topliss-reactive ketones (excluding diaryl/α,β-unsaturated/α-hetero) is 1. The summed E-state index contributed by atoms with van der Waals surface area (Å²) >= 11 is 0. The average Bonchev–Trinajstić information content (AvgIpc) is 2.91. The molecule has 98 valence electrons. The van der Waals surface area contributed by atoms with Crippen LogP contribution in [0.15, 0.2) is 22.6 Å². The zero-order valence-electron chi connectivity index (χ0n) is 11.1. The van der Waals surface area contributed by atoms with Gasteiger partial charge in [0.25, 0.3) is 0 Å². The third-order valence-electron chi connectivity index (χ3n) is 3.27. The van der Waals surface area contributed by atoms with Gasteiger partial charge in [-0.1, -0.05) is 6.07 Å². The van der Waals surface area contributed by atoms with Crippen LogP contribution in [0.25, 0.3) is 11.1 Å². The molecular weight excluding hydrogens is 244 g/mol. The van der Waals surface area contributed by atoms with Crippen LogP contribution in [-0.2, 0) is 0 Å². The number of carbonyl (C=O) groups excluding carboxylic acids is 1. The van der Waals surface area contributed by atoms with Gasteiger partial charge in [0.1, 0.15) is 11.5 Å². The van der Waals surface area contributed by atoms with Crippen molar-refractivity contribution >= 4 is 5.78 Å². The van der Waals surface area contributed by atoms with Gasteiger partial charge in [0.2, 0.25) is 6.79 Å². The van der Waals surface area contributed by atoms with Crippen LogP contribution in [0, 0.1) is 13.8 Å². The molecular formula is C15H14O4. The average molecular weight is 258 g/mol. The van der Waals surface area contributed by atoms with E-state index < -0.39 is 0 Å². The first kappa shape index (κ1) is 11.8. The van der Waals surface area contributed by atoms with Gasteiger partial charge < -0.3 is 13.9 Å². The molecule has 0 saturated heterocycles. The summed E-state index contributed by atoms with van der Waals surface area (Å²) in [5.74, 6) is 2.82. The van der Waals surface area contributed by atoms with Crippen molar-refractivity contribution in [2.75, 3.05) is 6.79 Å². The third-order valence-corrected chi connectivity index (χ3v) is 3.27. The van der Waals surface area contributed by atoms with Crippen LogP contribution < -0.4 is 9.47 Å². The summed E-state index contributed by atoms with van der Waals surface area (Å²) in [6, 6.07) is 5.65. The van der Waals surface area contributed by atoms with Crippen molar-refractivity contribution < 1.29 is 18.7 Å². The maximum Gasteiger partial charge on any atom is 0.231 e. The van der Waals surface area contributed by atoms with Crippen molar-refractivity contribution in [3.8, 4) is 22.6 Å². The van der Waals surface area contributed by atoms with E-state index >= 15 is 0 Å². The van der Waals surface area contributed by atoms with Crippen LogP contribution in [-0.4, -0.2) is 12.6 Å². The maximum absolute atomic E-state index is 11.8. The summed E-state index contributed by atoms with van der Waals surface area (Å²) in [7, 11) is 0. The Morgan fingerprint density at radius 3 is 2.58 bits per heavy atom. The zero-order valence-corrected chi connectivity index (χ0v) is 11.1. The van der Waals surface area contributed by atoms with Crippen LogP contribution in [0.2, 0.25) is 0 Å². The molecule has 1 aromatic carbocycles. The van der Waals surface area contributed by atoms with E-state index in [4.69, 9.17) is 13.9 Å². The van der Waals surface area contributed by atoms with E-state index in [1.54, 1.807) is 13.8 Å². The summed E-state index contributed by atoms with van der Waals surface area (Å²) in [6.45, 7) is 5.45. The lowest BCUT2D eigenvalue weighted by atomic mass is 9.98. The normalized spacial score (nSPS) is 12.8. The van der Waals surface area contributed by atoms with Gasteiger partial charge in [-0.2, -0.15) is 0 Å². The topological polar surface area (TPSA) is 48.7 Å². The molecule has 4 nitrogen and oxygen atoms in total.